The molecule has 0 saturated carbocycles. The Morgan fingerprint density at radius 3 is 1.22 bits per heavy atom. The molecule has 2 aliphatic rings. The smallest absolute Gasteiger partial charge is 0.397 e. The summed E-state index contributed by atoms with van der Waals surface area (Å²) >= 11 is 0. The molecule has 19 atom stereocenters. The van der Waals surface area contributed by atoms with Gasteiger partial charge in [0.25, 0.3) is 0 Å². The molecule has 510 valence electrons. The summed E-state index contributed by atoms with van der Waals surface area (Å²) in [5.41, 5.74) is 0. The van der Waals surface area contributed by atoms with Crippen molar-refractivity contribution in [1.29, 1.82) is 0 Å². The van der Waals surface area contributed by atoms with Crippen LogP contribution in [0.3, 0.4) is 0 Å². The molecule has 0 spiro atoms. The Morgan fingerprint density at radius 1 is 0.453 bits per heavy atom. The number of rotatable bonds is 52. The van der Waals surface area contributed by atoms with Crippen molar-refractivity contribution in [3.8, 4) is 0 Å². The SMILES string of the molecule is CCCCCCCCCCCCCCCC(=O)O[C@@H]1[C@H](O[C@H]2O[C@H](CO)[C@@H](O)[C@H](O)[C@H]2OS(=O)(=O)O)O[C@@H](CO)[C@H](O)[C@H]1OC(=O)C(C)CC(C)CC(C)CC(C)CC(C)CC(C)CC(C)CC(C)C(O)CCCCCCCCCCCCCCC. The van der Waals surface area contributed by atoms with Crippen molar-refractivity contribution in [3.63, 3.8) is 0 Å². The van der Waals surface area contributed by atoms with Crippen LogP contribution in [-0.4, -0.2) is 136 Å². The van der Waals surface area contributed by atoms with Gasteiger partial charge in [0.2, 0.25) is 6.29 Å². The summed E-state index contributed by atoms with van der Waals surface area (Å²) in [6, 6.07) is 0. The minimum Gasteiger partial charge on any atom is -0.455 e. The van der Waals surface area contributed by atoms with Gasteiger partial charge in [-0.15, -0.1) is 0 Å². The summed E-state index contributed by atoms with van der Waals surface area (Å²) in [6.45, 7) is 20.4. The second-order valence-corrected chi connectivity index (χ2v) is 28.7. The lowest BCUT2D eigenvalue weighted by molar-refractivity contribution is -0.374. The largest absolute Gasteiger partial charge is 0.455 e. The van der Waals surface area contributed by atoms with E-state index in [1.165, 1.54) is 122 Å². The van der Waals surface area contributed by atoms with E-state index in [1.807, 2.05) is 0 Å². The van der Waals surface area contributed by atoms with Crippen LogP contribution in [0.2, 0.25) is 0 Å². The molecule has 2 saturated heterocycles. The Balaban J connectivity index is 1.96. The van der Waals surface area contributed by atoms with Gasteiger partial charge in [0, 0.05) is 6.42 Å². The molecule has 0 radical (unpaired) electrons. The average molecular weight is 1250 g/mol. The van der Waals surface area contributed by atoms with Gasteiger partial charge >= 0.3 is 22.3 Å². The number of esters is 2. The molecule has 0 amide bonds. The Bertz CT molecular complexity index is 1810. The monoisotopic (exact) mass is 1250 g/mol. The molecule has 0 aromatic rings. The third kappa shape index (κ3) is 34.8. The summed E-state index contributed by atoms with van der Waals surface area (Å²) in [6.07, 6.45) is 20.6. The molecule has 2 rings (SSSR count). The Hall–Kier alpha value is -1.55. The van der Waals surface area contributed by atoms with Gasteiger partial charge in [-0.1, -0.05) is 230 Å². The van der Waals surface area contributed by atoms with Crippen LogP contribution in [0.5, 0.6) is 0 Å². The number of hydrogen-bond acceptors (Lipinski definition) is 16. The molecule has 0 aromatic carbocycles. The summed E-state index contributed by atoms with van der Waals surface area (Å²) in [7, 11) is -5.32. The van der Waals surface area contributed by atoms with Crippen molar-refractivity contribution in [1.82, 2.24) is 0 Å². The van der Waals surface area contributed by atoms with Crippen LogP contribution in [0.1, 0.15) is 294 Å². The number of aliphatic hydroxyl groups excluding tert-OH is 6. The Kier molecular flexibility index (Phi) is 43.6. The summed E-state index contributed by atoms with van der Waals surface area (Å²) < 4.78 is 67.4. The molecule has 0 bridgehead atoms. The quantitative estimate of drug-likeness (QED) is 0.0170. The van der Waals surface area contributed by atoms with Crippen molar-refractivity contribution in [2.45, 2.75) is 361 Å². The molecule has 17 nitrogen and oxygen atoms in total. The maximum absolute atomic E-state index is 14.1. The topological polar surface area (TPSA) is 265 Å². The minimum atomic E-state index is -5.32. The Morgan fingerprint density at radius 2 is 0.814 bits per heavy atom. The molecule has 2 aliphatic heterocycles. The number of unbranched alkanes of at least 4 members (excludes halogenated alkanes) is 24. The predicted molar refractivity (Wildman–Crippen MR) is 339 cm³/mol. The number of carbonyl (C=O) groups excluding carboxylic acids is 2. The fraction of sp³-hybridized carbons (Fsp3) is 0.971. The number of hydrogen-bond donors (Lipinski definition) is 7. The first kappa shape index (κ1) is 80.5. The van der Waals surface area contributed by atoms with E-state index in [4.69, 9.17) is 23.7 Å². The Labute approximate surface area is 523 Å². The van der Waals surface area contributed by atoms with Crippen LogP contribution in [0.15, 0.2) is 0 Å². The highest BCUT2D eigenvalue weighted by Crippen LogP contribution is 2.35. The van der Waals surface area contributed by atoms with Crippen molar-refractivity contribution < 1.29 is 81.1 Å². The van der Waals surface area contributed by atoms with E-state index < -0.39 is 103 Å². The van der Waals surface area contributed by atoms with E-state index in [2.05, 4.69) is 66.5 Å². The third-order valence-corrected chi connectivity index (χ3v) is 18.8. The molecule has 2 heterocycles. The zero-order chi connectivity index (χ0) is 64.0. The van der Waals surface area contributed by atoms with Crippen LogP contribution in [-0.2, 0) is 47.9 Å². The van der Waals surface area contributed by atoms with E-state index in [9.17, 15) is 53.2 Å². The normalized spacial score (nSPS) is 26.1. The first-order valence-electron chi connectivity index (χ1n) is 34.9. The lowest BCUT2D eigenvalue weighted by atomic mass is 9.80. The molecular formula is C68H130O17S. The van der Waals surface area contributed by atoms with Gasteiger partial charge < -0.3 is 54.3 Å². The summed E-state index contributed by atoms with van der Waals surface area (Å²) in [5.74, 6) is 0.860. The molecule has 2 fully saturated rings. The maximum Gasteiger partial charge on any atom is 0.397 e. The van der Waals surface area contributed by atoms with Crippen LogP contribution in [0.4, 0.5) is 0 Å². The minimum absolute atomic E-state index is 0.0550. The van der Waals surface area contributed by atoms with Crippen LogP contribution in [0, 0.1) is 47.3 Å². The van der Waals surface area contributed by atoms with Gasteiger partial charge in [-0.05, 0) is 99.2 Å². The fourth-order valence-corrected chi connectivity index (χ4v) is 14.3. The van der Waals surface area contributed by atoms with E-state index in [1.54, 1.807) is 6.92 Å². The third-order valence-electron chi connectivity index (χ3n) is 18.3. The van der Waals surface area contributed by atoms with Gasteiger partial charge in [0.1, 0.15) is 30.5 Å². The van der Waals surface area contributed by atoms with Crippen molar-refractivity contribution in [2.75, 3.05) is 13.2 Å². The van der Waals surface area contributed by atoms with Crippen molar-refractivity contribution in [2.24, 2.45) is 47.3 Å². The van der Waals surface area contributed by atoms with Gasteiger partial charge in [-0.2, -0.15) is 8.42 Å². The van der Waals surface area contributed by atoms with E-state index in [-0.39, 0.29) is 18.4 Å². The maximum atomic E-state index is 14.1. The zero-order valence-electron chi connectivity index (χ0n) is 55.8. The highest BCUT2D eigenvalue weighted by Gasteiger charge is 2.55. The first-order chi connectivity index (χ1) is 40.9. The molecule has 0 aromatic heterocycles. The van der Waals surface area contributed by atoms with Crippen LogP contribution < -0.4 is 0 Å². The summed E-state index contributed by atoms with van der Waals surface area (Å²) in [5, 5.41) is 64.4. The van der Waals surface area contributed by atoms with Crippen LogP contribution >= 0.6 is 0 Å². The average Bonchev–Trinajstić information content (AvgIpc) is 3.03. The van der Waals surface area contributed by atoms with Crippen molar-refractivity contribution >= 4 is 22.3 Å². The van der Waals surface area contributed by atoms with Gasteiger partial charge in [0.15, 0.2) is 24.6 Å². The first-order valence-corrected chi connectivity index (χ1v) is 36.3. The number of aliphatic hydroxyl groups is 6. The highest BCUT2D eigenvalue weighted by molar-refractivity contribution is 7.80. The molecule has 86 heavy (non-hydrogen) atoms. The lowest BCUT2D eigenvalue weighted by Gasteiger charge is -2.46. The van der Waals surface area contributed by atoms with Gasteiger partial charge in [-0.3, -0.25) is 14.1 Å². The fourth-order valence-electron chi connectivity index (χ4n) is 13.9. The molecule has 0 aliphatic carbocycles. The van der Waals surface area contributed by atoms with E-state index in [0.717, 1.165) is 83.5 Å². The lowest BCUT2D eigenvalue weighted by Crippen LogP contribution is -2.65. The zero-order valence-corrected chi connectivity index (χ0v) is 56.6. The van der Waals surface area contributed by atoms with E-state index in [0.29, 0.717) is 48.3 Å². The second-order valence-electron chi connectivity index (χ2n) is 27.7. The molecule has 9 unspecified atom stereocenters. The second kappa shape index (κ2) is 46.5. The predicted octanol–water partition coefficient (Wildman–Crippen LogP) is 13.7. The van der Waals surface area contributed by atoms with E-state index >= 15 is 0 Å². The number of carbonyl (C=O) groups is 2. The summed E-state index contributed by atoms with van der Waals surface area (Å²) in [4.78, 5) is 27.7. The van der Waals surface area contributed by atoms with Crippen LogP contribution in [0.25, 0.3) is 0 Å². The molecule has 18 heteroatoms. The molecule has 7 N–H and O–H groups in total. The van der Waals surface area contributed by atoms with Crippen molar-refractivity contribution in [3.05, 3.63) is 0 Å². The van der Waals surface area contributed by atoms with Gasteiger partial charge in [0.05, 0.1) is 25.2 Å². The highest BCUT2D eigenvalue weighted by atomic mass is 32.3. The standard InChI is InChI=1S/C68H130O17S/c1-11-13-15-17-19-21-23-25-27-29-31-33-35-37-56(71)54(9)44-52(7)42-50(5)40-48(3)39-49(4)41-51(6)43-53(8)45-55(10)66(76)83-63-61(74)58(47-70)81-68(84-67-64(85-86(77,78)79)62(75)60(73)57(46-69)80-67)65(63)82-59(72)38-36-34-32-30-28-26-24-22-20-18-16-14-12-2/h48-58,60-65,67-71,73-75H,11-47H2,1-10H3,(H,77,78,79)/t48?,49?,50?,51?,52?,53?,54?,55?,56?,57-,58+,60-,61+,62+,63-,64-,65+,67-,68+/m1/s1. The molecular weight excluding hydrogens is 1120 g/mol. The van der Waals surface area contributed by atoms with Gasteiger partial charge in [-0.25, -0.2) is 4.18 Å². The number of ether oxygens (including phenoxy) is 5.